The van der Waals surface area contributed by atoms with Gasteiger partial charge in [0.2, 0.25) is 0 Å². The van der Waals surface area contributed by atoms with Crippen molar-refractivity contribution in [3.63, 3.8) is 0 Å². The van der Waals surface area contributed by atoms with Gasteiger partial charge in [0.05, 0.1) is 0 Å². The number of hydrogen-bond donors (Lipinski definition) is 1. The number of hydrogen-bond acceptors (Lipinski definition) is 3. The van der Waals surface area contributed by atoms with E-state index in [-0.39, 0.29) is 0 Å². The fraction of sp³-hybridized carbons (Fsp3) is 0.708. The largest absolute Gasteiger partial charge is 0.381 e. The van der Waals surface area contributed by atoms with Crippen LogP contribution in [0.1, 0.15) is 56.6 Å². The molecule has 2 aliphatic rings. The SMILES string of the molecule is CN=C(NCc1ccccc1CN1CCCCC1C)N(C)CCC1CCOCC1. The van der Waals surface area contributed by atoms with E-state index in [1.54, 1.807) is 0 Å². The minimum Gasteiger partial charge on any atom is -0.381 e. The molecular formula is C24H40N4O. The first-order valence-electron chi connectivity index (χ1n) is 11.5. The lowest BCUT2D eigenvalue weighted by Gasteiger charge is -2.34. The maximum Gasteiger partial charge on any atom is 0.193 e. The van der Waals surface area contributed by atoms with Crippen LogP contribution in [-0.2, 0) is 17.8 Å². The van der Waals surface area contributed by atoms with E-state index in [1.165, 1.54) is 56.2 Å². The molecule has 1 atom stereocenters. The fourth-order valence-electron chi connectivity index (χ4n) is 4.57. The maximum atomic E-state index is 5.48. The summed E-state index contributed by atoms with van der Waals surface area (Å²) >= 11 is 0. The highest BCUT2D eigenvalue weighted by Gasteiger charge is 2.19. The van der Waals surface area contributed by atoms with E-state index < -0.39 is 0 Å². The smallest absolute Gasteiger partial charge is 0.193 e. The van der Waals surface area contributed by atoms with E-state index in [9.17, 15) is 0 Å². The quantitative estimate of drug-likeness (QED) is 0.557. The van der Waals surface area contributed by atoms with Gasteiger partial charge in [0, 0.05) is 53.0 Å². The van der Waals surface area contributed by atoms with Gasteiger partial charge in [-0.2, -0.15) is 0 Å². The van der Waals surface area contributed by atoms with Crippen LogP contribution < -0.4 is 5.32 Å². The van der Waals surface area contributed by atoms with E-state index in [1.807, 2.05) is 7.05 Å². The number of piperidine rings is 1. The van der Waals surface area contributed by atoms with Gasteiger partial charge in [-0.15, -0.1) is 0 Å². The highest BCUT2D eigenvalue weighted by Crippen LogP contribution is 2.21. The lowest BCUT2D eigenvalue weighted by Crippen LogP contribution is -2.40. The summed E-state index contributed by atoms with van der Waals surface area (Å²) in [6, 6.07) is 9.55. The molecule has 0 radical (unpaired) electrons. The predicted molar refractivity (Wildman–Crippen MR) is 121 cm³/mol. The van der Waals surface area contributed by atoms with Crippen molar-refractivity contribution in [3.8, 4) is 0 Å². The molecule has 29 heavy (non-hydrogen) atoms. The second kappa shape index (κ2) is 11.6. The van der Waals surface area contributed by atoms with Crippen molar-refractivity contribution in [2.45, 2.75) is 64.6 Å². The van der Waals surface area contributed by atoms with Gasteiger partial charge in [-0.3, -0.25) is 9.89 Å². The van der Waals surface area contributed by atoms with Crippen LogP contribution in [-0.4, -0.2) is 62.2 Å². The van der Waals surface area contributed by atoms with Crippen LogP contribution in [0.15, 0.2) is 29.3 Å². The van der Waals surface area contributed by atoms with E-state index in [4.69, 9.17) is 4.74 Å². The third kappa shape index (κ3) is 6.71. The van der Waals surface area contributed by atoms with Crippen molar-refractivity contribution in [1.82, 2.24) is 15.1 Å². The first-order chi connectivity index (χ1) is 14.2. The third-order valence-corrected chi connectivity index (χ3v) is 6.66. The highest BCUT2D eigenvalue weighted by molar-refractivity contribution is 5.79. The molecule has 0 aromatic heterocycles. The van der Waals surface area contributed by atoms with Crippen LogP contribution in [0, 0.1) is 5.92 Å². The lowest BCUT2D eigenvalue weighted by molar-refractivity contribution is 0.0625. The van der Waals surface area contributed by atoms with Crippen molar-refractivity contribution < 1.29 is 4.74 Å². The van der Waals surface area contributed by atoms with E-state index in [2.05, 4.69) is 58.3 Å². The molecule has 1 N–H and O–H groups in total. The van der Waals surface area contributed by atoms with Crippen molar-refractivity contribution >= 4 is 5.96 Å². The van der Waals surface area contributed by atoms with Crippen LogP contribution in [0.5, 0.6) is 0 Å². The minimum absolute atomic E-state index is 0.689. The zero-order chi connectivity index (χ0) is 20.5. The zero-order valence-electron chi connectivity index (χ0n) is 18.7. The normalized spacial score (nSPS) is 21.9. The maximum absolute atomic E-state index is 5.48. The van der Waals surface area contributed by atoms with E-state index >= 15 is 0 Å². The summed E-state index contributed by atoms with van der Waals surface area (Å²) in [6.45, 7) is 8.36. The van der Waals surface area contributed by atoms with Crippen LogP contribution in [0.4, 0.5) is 0 Å². The Morgan fingerprint density at radius 1 is 1.17 bits per heavy atom. The van der Waals surface area contributed by atoms with Crippen LogP contribution >= 0.6 is 0 Å². The van der Waals surface area contributed by atoms with Gasteiger partial charge >= 0.3 is 0 Å². The summed E-state index contributed by atoms with van der Waals surface area (Å²) in [4.78, 5) is 9.43. The molecule has 3 rings (SSSR count). The van der Waals surface area contributed by atoms with Crippen LogP contribution in [0.25, 0.3) is 0 Å². The average Bonchev–Trinajstić information content (AvgIpc) is 2.76. The van der Waals surface area contributed by atoms with Crippen molar-refractivity contribution in [1.29, 1.82) is 0 Å². The number of aliphatic imine (C=N–C) groups is 1. The highest BCUT2D eigenvalue weighted by atomic mass is 16.5. The molecule has 0 amide bonds. The first kappa shape index (κ1) is 22.1. The van der Waals surface area contributed by atoms with Gasteiger partial charge in [0.1, 0.15) is 0 Å². The van der Waals surface area contributed by atoms with Gasteiger partial charge in [-0.05, 0) is 62.6 Å². The number of nitrogens with zero attached hydrogens (tertiary/aromatic N) is 3. The topological polar surface area (TPSA) is 40.1 Å². The summed E-state index contributed by atoms with van der Waals surface area (Å²) in [5.41, 5.74) is 2.82. The standard InChI is InChI=1S/C24H40N4O/c1-20-8-6-7-14-28(20)19-23-10-5-4-9-22(23)18-26-24(25-2)27(3)15-11-21-12-16-29-17-13-21/h4-5,9-10,20-21H,6-8,11-19H2,1-3H3,(H,25,26). The molecule has 5 nitrogen and oxygen atoms in total. The van der Waals surface area contributed by atoms with Crippen molar-refractivity contribution in [2.24, 2.45) is 10.9 Å². The third-order valence-electron chi connectivity index (χ3n) is 6.66. The van der Waals surface area contributed by atoms with Crippen molar-refractivity contribution in [2.75, 3.05) is 40.4 Å². The first-order valence-corrected chi connectivity index (χ1v) is 11.5. The second-order valence-electron chi connectivity index (χ2n) is 8.75. The molecule has 2 aliphatic heterocycles. The Labute approximate surface area is 177 Å². The second-order valence-corrected chi connectivity index (χ2v) is 8.75. The number of nitrogens with one attached hydrogen (secondary N) is 1. The molecule has 0 saturated carbocycles. The number of guanidine groups is 1. The van der Waals surface area contributed by atoms with Crippen molar-refractivity contribution in [3.05, 3.63) is 35.4 Å². The molecule has 5 heteroatoms. The minimum atomic E-state index is 0.689. The van der Waals surface area contributed by atoms with Gasteiger partial charge in [-0.1, -0.05) is 30.7 Å². The van der Waals surface area contributed by atoms with Gasteiger partial charge in [0.15, 0.2) is 5.96 Å². The predicted octanol–water partition coefficient (Wildman–Crippen LogP) is 3.88. The molecular weight excluding hydrogens is 360 g/mol. The Kier molecular flexibility index (Phi) is 8.81. The molecule has 2 saturated heterocycles. The Morgan fingerprint density at radius 2 is 1.93 bits per heavy atom. The zero-order valence-corrected chi connectivity index (χ0v) is 18.7. The molecule has 2 heterocycles. The van der Waals surface area contributed by atoms with Crippen LogP contribution in [0.3, 0.4) is 0 Å². The average molecular weight is 401 g/mol. The Balaban J connectivity index is 1.52. The summed E-state index contributed by atoms with van der Waals surface area (Å²) in [5.74, 6) is 1.77. The summed E-state index contributed by atoms with van der Waals surface area (Å²) in [6.07, 6.45) is 7.63. The molecule has 0 spiro atoms. The summed E-state index contributed by atoms with van der Waals surface area (Å²) in [7, 11) is 4.03. The van der Waals surface area contributed by atoms with Gasteiger partial charge in [-0.25, -0.2) is 0 Å². The molecule has 1 unspecified atom stereocenters. The molecule has 1 aromatic rings. The number of likely N-dealkylation sites (tertiary alicyclic amines) is 1. The molecule has 1 aromatic carbocycles. The Morgan fingerprint density at radius 3 is 2.66 bits per heavy atom. The fourth-order valence-corrected chi connectivity index (χ4v) is 4.57. The monoisotopic (exact) mass is 400 g/mol. The van der Waals surface area contributed by atoms with Gasteiger partial charge < -0.3 is 15.0 Å². The van der Waals surface area contributed by atoms with Crippen LogP contribution in [0.2, 0.25) is 0 Å². The molecule has 0 bridgehead atoms. The number of benzene rings is 1. The van der Waals surface area contributed by atoms with E-state index in [0.717, 1.165) is 44.7 Å². The number of ether oxygens (including phenoxy) is 1. The molecule has 0 aliphatic carbocycles. The van der Waals surface area contributed by atoms with Gasteiger partial charge in [0.25, 0.3) is 0 Å². The number of rotatable bonds is 7. The summed E-state index contributed by atoms with van der Waals surface area (Å²) < 4.78 is 5.48. The molecule has 2 fully saturated rings. The summed E-state index contributed by atoms with van der Waals surface area (Å²) in [5, 5.41) is 3.59. The van der Waals surface area contributed by atoms with E-state index in [0.29, 0.717) is 6.04 Å². The lowest BCUT2D eigenvalue weighted by atomic mass is 9.96. The Hall–Kier alpha value is -1.59. The molecule has 162 valence electrons. The Bertz CT molecular complexity index is 642.